The second kappa shape index (κ2) is 10.1. The van der Waals surface area contributed by atoms with Crippen LogP contribution in [0, 0.1) is 11.8 Å². The number of rotatable bonds is 10. The number of aliphatic hydroxyl groups excluding tert-OH is 1. The molecule has 0 spiro atoms. The van der Waals surface area contributed by atoms with Gasteiger partial charge in [0.25, 0.3) is 0 Å². The fraction of sp³-hybridized carbons (Fsp3) is 0.909. The standard InChI is InChI=1S/C22H40N2O5/c1-16(2)13-24(15-25)22(14-28-22)12-19(26)18(11-17-9-7-6-8-10-17)23-20(27)29-21(3,4)5/h15-19,26H,6-14H2,1-5H3,(H,23,27). The quantitative estimate of drug-likeness (QED) is 0.424. The zero-order chi connectivity index (χ0) is 21.7. The summed E-state index contributed by atoms with van der Waals surface area (Å²) in [6.45, 7) is 10.5. The van der Waals surface area contributed by atoms with Crippen molar-refractivity contribution in [2.45, 2.75) is 103 Å². The highest BCUT2D eigenvalue weighted by atomic mass is 16.6. The molecule has 2 aliphatic rings. The van der Waals surface area contributed by atoms with Gasteiger partial charge in [0.05, 0.1) is 18.8 Å². The van der Waals surface area contributed by atoms with Gasteiger partial charge in [0.2, 0.25) is 6.41 Å². The first kappa shape index (κ1) is 23.9. The maximum atomic E-state index is 12.4. The van der Waals surface area contributed by atoms with Crippen LogP contribution in [0.5, 0.6) is 0 Å². The molecule has 0 aromatic rings. The lowest BCUT2D eigenvalue weighted by Gasteiger charge is -2.34. The predicted molar refractivity (Wildman–Crippen MR) is 111 cm³/mol. The Morgan fingerprint density at radius 2 is 1.93 bits per heavy atom. The summed E-state index contributed by atoms with van der Waals surface area (Å²) >= 11 is 0. The van der Waals surface area contributed by atoms with Gasteiger partial charge in [-0.25, -0.2) is 4.79 Å². The van der Waals surface area contributed by atoms with Crippen LogP contribution in [0.2, 0.25) is 0 Å². The van der Waals surface area contributed by atoms with E-state index in [4.69, 9.17) is 9.47 Å². The molecule has 7 nitrogen and oxygen atoms in total. The molecular weight excluding hydrogens is 372 g/mol. The van der Waals surface area contributed by atoms with Crippen LogP contribution in [0.15, 0.2) is 0 Å². The molecule has 0 radical (unpaired) electrons. The number of carbonyl (C=O) groups excluding carboxylic acids is 2. The van der Waals surface area contributed by atoms with Crippen molar-refractivity contribution in [1.29, 1.82) is 0 Å². The van der Waals surface area contributed by atoms with Gasteiger partial charge in [-0.15, -0.1) is 0 Å². The maximum Gasteiger partial charge on any atom is 0.407 e. The van der Waals surface area contributed by atoms with Gasteiger partial charge in [-0.05, 0) is 39.0 Å². The summed E-state index contributed by atoms with van der Waals surface area (Å²) in [5.41, 5.74) is -1.36. The normalized spacial score (nSPS) is 24.7. The fourth-order valence-electron chi connectivity index (χ4n) is 4.21. The Bertz CT molecular complexity index is 536. The minimum atomic E-state index is -0.818. The lowest BCUT2D eigenvalue weighted by atomic mass is 9.83. The minimum absolute atomic E-state index is 0.283. The van der Waals surface area contributed by atoms with E-state index in [1.807, 2.05) is 34.6 Å². The first-order chi connectivity index (χ1) is 13.5. The number of nitrogens with zero attached hydrogens (tertiary/aromatic N) is 1. The van der Waals surface area contributed by atoms with Crippen LogP contribution in [-0.2, 0) is 14.3 Å². The molecule has 7 heteroatoms. The van der Waals surface area contributed by atoms with Crippen molar-refractivity contribution in [3.63, 3.8) is 0 Å². The second-order valence-electron chi connectivity index (χ2n) is 10.2. The third-order valence-corrected chi connectivity index (χ3v) is 5.70. The number of nitrogens with one attached hydrogen (secondary N) is 1. The van der Waals surface area contributed by atoms with E-state index in [1.54, 1.807) is 4.90 Å². The molecule has 1 aliphatic heterocycles. The van der Waals surface area contributed by atoms with Crippen molar-refractivity contribution >= 4 is 12.5 Å². The molecule has 3 unspecified atom stereocenters. The van der Waals surface area contributed by atoms with Gasteiger partial charge in [-0.1, -0.05) is 46.0 Å². The van der Waals surface area contributed by atoms with Gasteiger partial charge in [0, 0.05) is 13.0 Å². The smallest absolute Gasteiger partial charge is 0.407 e. The lowest BCUT2D eigenvalue weighted by Crippen LogP contribution is -2.50. The summed E-state index contributed by atoms with van der Waals surface area (Å²) in [7, 11) is 0. The Morgan fingerprint density at radius 3 is 2.41 bits per heavy atom. The largest absolute Gasteiger partial charge is 0.444 e. The molecule has 29 heavy (non-hydrogen) atoms. The number of aliphatic hydroxyl groups is 1. The minimum Gasteiger partial charge on any atom is -0.444 e. The topological polar surface area (TPSA) is 91.4 Å². The number of carbonyl (C=O) groups is 2. The molecule has 2 amide bonds. The number of amides is 2. The van der Waals surface area contributed by atoms with Gasteiger partial charge in [0.1, 0.15) is 5.60 Å². The summed E-state index contributed by atoms with van der Waals surface area (Å²) < 4.78 is 11.1. The van der Waals surface area contributed by atoms with Gasteiger partial charge in [-0.2, -0.15) is 0 Å². The molecule has 2 rings (SSSR count). The van der Waals surface area contributed by atoms with Crippen LogP contribution in [0.4, 0.5) is 4.79 Å². The molecule has 0 aromatic carbocycles. The first-order valence-electron chi connectivity index (χ1n) is 11.1. The molecule has 0 aromatic heterocycles. The summed E-state index contributed by atoms with van der Waals surface area (Å²) in [4.78, 5) is 25.6. The monoisotopic (exact) mass is 412 g/mol. The van der Waals surface area contributed by atoms with Crippen molar-refractivity contribution in [3.8, 4) is 0 Å². The van der Waals surface area contributed by atoms with Crippen molar-refractivity contribution < 1.29 is 24.2 Å². The Hall–Kier alpha value is -1.34. The molecule has 1 saturated carbocycles. The van der Waals surface area contributed by atoms with E-state index in [0.717, 1.165) is 19.3 Å². The molecule has 1 saturated heterocycles. The van der Waals surface area contributed by atoms with Crippen LogP contribution in [0.1, 0.15) is 79.6 Å². The van der Waals surface area contributed by atoms with E-state index >= 15 is 0 Å². The number of hydrogen-bond acceptors (Lipinski definition) is 5. The average molecular weight is 413 g/mol. The van der Waals surface area contributed by atoms with E-state index in [1.165, 1.54) is 19.3 Å². The van der Waals surface area contributed by atoms with E-state index < -0.39 is 29.6 Å². The summed E-state index contributed by atoms with van der Waals surface area (Å²) in [6, 6.07) is -0.429. The summed E-state index contributed by atoms with van der Waals surface area (Å²) in [5, 5.41) is 13.9. The van der Waals surface area contributed by atoms with Gasteiger partial charge in [0.15, 0.2) is 5.72 Å². The molecule has 2 fully saturated rings. The molecular formula is C22H40N2O5. The van der Waals surface area contributed by atoms with Crippen LogP contribution >= 0.6 is 0 Å². The lowest BCUT2D eigenvalue weighted by molar-refractivity contribution is -0.126. The number of hydrogen-bond donors (Lipinski definition) is 2. The third-order valence-electron chi connectivity index (χ3n) is 5.70. The van der Waals surface area contributed by atoms with E-state index in [2.05, 4.69) is 5.32 Å². The van der Waals surface area contributed by atoms with E-state index in [-0.39, 0.29) is 6.42 Å². The molecule has 1 aliphatic carbocycles. The predicted octanol–water partition coefficient (Wildman–Crippen LogP) is 3.44. The second-order valence-corrected chi connectivity index (χ2v) is 10.2. The van der Waals surface area contributed by atoms with E-state index in [9.17, 15) is 14.7 Å². The average Bonchev–Trinajstić information content (AvgIpc) is 3.38. The molecule has 0 bridgehead atoms. The molecule has 168 valence electrons. The zero-order valence-electron chi connectivity index (χ0n) is 18.8. The highest BCUT2D eigenvalue weighted by molar-refractivity contribution is 5.68. The number of ether oxygens (including phenoxy) is 2. The summed E-state index contributed by atoms with van der Waals surface area (Å²) in [5.74, 6) is 0.781. The molecule has 3 atom stereocenters. The number of epoxide rings is 1. The van der Waals surface area contributed by atoms with Gasteiger partial charge in [-0.3, -0.25) is 4.79 Å². The van der Waals surface area contributed by atoms with Crippen LogP contribution in [-0.4, -0.2) is 59.1 Å². The first-order valence-corrected chi connectivity index (χ1v) is 11.1. The highest BCUT2D eigenvalue weighted by Gasteiger charge is 2.52. The van der Waals surface area contributed by atoms with E-state index in [0.29, 0.717) is 31.4 Å². The van der Waals surface area contributed by atoms with Crippen molar-refractivity contribution in [3.05, 3.63) is 0 Å². The Kier molecular flexibility index (Phi) is 8.35. The highest BCUT2D eigenvalue weighted by Crippen LogP contribution is 2.37. The zero-order valence-corrected chi connectivity index (χ0v) is 18.8. The summed E-state index contributed by atoms with van der Waals surface area (Å²) in [6.07, 6.45) is 6.34. The van der Waals surface area contributed by atoms with Gasteiger partial charge < -0.3 is 24.8 Å². The fourth-order valence-corrected chi connectivity index (χ4v) is 4.21. The van der Waals surface area contributed by atoms with Crippen LogP contribution in [0.3, 0.4) is 0 Å². The van der Waals surface area contributed by atoms with Crippen molar-refractivity contribution in [2.24, 2.45) is 11.8 Å². The SMILES string of the molecule is CC(C)CN(C=O)C1(CC(O)C(CC2CCCCC2)NC(=O)OC(C)(C)C)CO1. The van der Waals surface area contributed by atoms with Crippen molar-refractivity contribution in [1.82, 2.24) is 10.2 Å². The molecule has 1 heterocycles. The Labute approximate surface area is 175 Å². The van der Waals surface area contributed by atoms with Crippen LogP contribution < -0.4 is 5.32 Å². The Balaban J connectivity index is 2.05. The van der Waals surface area contributed by atoms with Crippen molar-refractivity contribution in [2.75, 3.05) is 13.2 Å². The maximum absolute atomic E-state index is 12.4. The third kappa shape index (κ3) is 7.78. The Morgan fingerprint density at radius 1 is 1.31 bits per heavy atom. The number of alkyl carbamates (subject to hydrolysis) is 1. The van der Waals surface area contributed by atoms with Gasteiger partial charge >= 0.3 is 6.09 Å². The van der Waals surface area contributed by atoms with Crippen LogP contribution in [0.25, 0.3) is 0 Å². The molecule has 2 N–H and O–H groups in total.